The fourth-order valence-corrected chi connectivity index (χ4v) is 1.61. The summed E-state index contributed by atoms with van der Waals surface area (Å²) in [7, 11) is 0. The Labute approximate surface area is 124 Å². The van der Waals surface area contributed by atoms with Gasteiger partial charge in [0.2, 0.25) is 5.91 Å². The largest absolute Gasteiger partial charge is 0.396 e. The molecule has 118 valence electrons. The molecule has 1 amide bonds. The second kappa shape index (κ2) is 10.7. The highest BCUT2D eigenvalue weighted by molar-refractivity contribution is 5.80. The van der Waals surface area contributed by atoms with Crippen molar-refractivity contribution in [3.8, 4) is 0 Å². The number of hydrogen-bond acceptors (Lipinski definition) is 3. The van der Waals surface area contributed by atoms with Crippen LogP contribution in [0.1, 0.15) is 73.1 Å². The lowest BCUT2D eigenvalue weighted by Gasteiger charge is -2.17. The van der Waals surface area contributed by atoms with Gasteiger partial charge in [-0.25, -0.2) is 0 Å². The number of nitrogens with zero attached hydrogens (tertiary/aromatic N) is 1. The van der Waals surface area contributed by atoms with Gasteiger partial charge in [0.05, 0.1) is 5.71 Å². The number of carbonyl (C=O) groups is 1. The van der Waals surface area contributed by atoms with E-state index >= 15 is 0 Å². The zero-order chi connectivity index (χ0) is 15.4. The Bertz CT molecular complexity index is 293. The second-order valence-corrected chi connectivity index (χ2v) is 6.48. The first kappa shape index (κ1) is 18.9. The van der Waals surface area contributed by atoms with Gasteiger partial charge in [-0.15, -0.1) is 0 Å². The van der Waals surface area contributed by atoms with Crippen molar-refractivity contribution in [3.05, 3.63) is 0 Å². The molecule has 0 aliphatic carbocycles. The van der Waals surface area contributed by atoms with Gasteiger partial charge in [-0.2, -0.15) is 0 Å². The summed E-state index contributed by atoms with van der Waals surface area (Å²) in [5.74, 6) is 0.112. The third kappa shape index (κ3) is 13.4. The molecule has 0 unspecified atom stereocenters. The summed E-state index contributed by atoms with van der Waals surface area (Å²) < 4.78 is 0. The minimum Gasteiger partial charge on any atom is -0.396 e. The normalized spacial score (nSPS) is 12.3. The molecule has 0 radical (unpaired) electrons. The Kier molecular flexibility index (Phi) is 10.1. The summed E-state index contributed by atoms with van der Waals surface area (Å²) >= 11 is 0. The molecule has 0 aromatic heterocycles. The molecule has 0 aliphatic rings. The van der Waals surface area contributed by atoms with Crippen molar-refractivity contribution < 1.29 is 9.63 Å². The molecule has 1 N–H and O–H groups in total. The van der Waals surface area contributed by atoms with Gasteiger partial charge in [0.1, 0.15) is 6.61 Å². The highest BCUT2D eigenvalue weighted by Gasteiger charge is 2.09. The van der Waals surface area contributed by atoms with Crippen LogP contribution in [0, 0.1) is 5.41 Å². The Morgan fingerprint density at radius 2 is 1.90 bits per heavy atom. The molecule has 0 rings (SSSR count). The number of nitrogens with one attached hydrogen (secondary N) is 1. The van der Waals surface area contributed by atoms with E-state index < -0.39 is 0 Å². The standard InChI is InChI=1S/C16H32N2O2/c1-6-14(2)18-20-13-9-10-15(19)17-12-8-7-11-16(3,4)5/h6-13H2,1-5H3,(H,17,19)/b18-14+. The van der Waals surface area contributed by atoms with Crippen molar-refractivity contribution in [2.45, 2.75) is 73.1 Å². The van der Waals surface area contributed by atoms with Crippen molar-refractivity contribution in [3.63, 3.8) is 0 Å². The first-order chi connectivity index (χ1) is 9.35. The molecule has 0 fully saturated rings. The highest BCUT2D eigenvalue weighted by Crippen LogP contribution is 2.21. The molecule has 0 saturated heterocycles. The summed E-state index contributed by atoms with van der Waals surface area (Å²) in [6, 6.07) is 0. The van der Waals surface area contributed by atoms with E-state index in [1.807, 2.05) is 13.8 Å². The third-order valence-electron chi connectivity index (χ3n) is 3.05. The van der Waals surface area contributed by atoms with E-state index in [1.165, 1.54) is 6.42 Å². The van der Waals surface area contributed by atoms with Gasteiger partial charge >= 0.3 is 0 Å². The number of unbranched alkanes of at least 4 members (excludes halogenated alkanes) is 1. The van der Waals surface area contributed by atoms with Gasteiger partial charge in [0.25, 0.3) is 0 Å². The van der Waals surface area contributed by atoms with Crippen LogP contribution < -0.4 is 5.32 Å². The predicted molar refractivity (Wildman–Crippen MR) is 84.9 cm³/mol. The van der Waals surface area contributed by atoms with Crippen LogP contribution in [0.2, 0.25) is 0 Å². The fraction of sp³-hybridized carbons (Fsp3) is 0.875. The fourth-order valence-electron chi connectivity index (χ4n) is 1.61. The first-order valence-corrected chi connectivity index (χ1v) is 7.77. The molecular weight excluding hydrogens is 252 g/mol. The molecule has 0 heterocycles. The lowest BCUT2D eigenvalue weighted by molar-refractivity contribution is -0.121. The molecule has 0 saturated carbocycles. The van der Waals surface area contributed by atoms with Crippen molar-refractivity contribution in [1.29, 1.82) is 0 Å². The van der Waals surface area contributed by atoms with E-state index in [9.17, 15) is 4.79 Å². The molecule has 0 aliphatic heterocycles. The van der Waals surface area contributed by atoms with Gasteiger partial charge in [-0.3, -0.25) is 4.79 Å². The van der Waals surface area contributed by atoms with Crippen LogP contribution in [0.5, 0.6) is 0 Å². The average molecular weight is 284 g/mol. The summed E-state index contributed by atoms with van der Waals surface area (Å²) in [6.07, 6.45) is 5.55. The van der Waals surface area contributed by atoms with Crippen LogP contribution in [-0.4, -0.2) is 24.8 Å². The van der Waals surface area contributed by atoms with Crippen molar-refractivity contribution >= 4 is 11.6 Å². The van der Waals surface area contributed by atoms with Crippen molar-refractivity contribution in [1.82, 2.24) is 5.32 Å². The maximum atomic E-state index is 11.6. The molecule has 4 heteroatoms. The van der Waals surface area contributed by atoms with E-state index in [1.54, 1.807) is 0 Å². The summed E-state index contributed by atoms with van der Waals surface area (Å²) in [5, 5.41) is 6.88. The number of amides is 1. The quantitative estimate of drug-likeness (QED) is 0.376. The topological polar surface area (TPSA) is 50.7 Å². The number of oxime groups is 1. The number of rotatable bonds is 10. The minimum atomic E-state index is 0.112. The predicted octanol–water partition coefficient (Wildman–Crippen LogP) is 3.90. The van der Waals surface area contributed by atoms with E-state index in [0.717, 1.165) is 31.5 Å². The smallest absolute Gasteiger partial charge is 0.220 e. The van der Waals surface area contributed by atoms with Crippen LogP contribution in [-0.2, 0) is 9.63 Å². The molecule has 0 atom stereocenters. The van der Waals surface area contributed by atoms with Crippen LogP contribution in [0.4, 0.5) is 0 Å². The molecule has 4 nitrogen and oxygen atoms in total. The van der Waals surface area contributed by atoms with Gasteiger partial charge in [-0.1, -0.05) is 39.3 Å². The Hall–Kier alpha value is -1.06. The van der Waals surface area contributed by atoms with E-state index in [0.29, 0.717) is 24.9 Å². The molecular formula is C16H32N2O2. The first-order valence-electron chi connectivity index (χ1n) is 7.77. The zero-order valence-corrected chi connectivity index (χ0v) is 13.9. The van der Waals surface area contributed by atoms with Gasteiger partial charge in [-0.05, 0) is 38.0 Å². The lowest BCUT2D eigenvalue weighted by Crippen LogP contribution is -2.24. The van der Waals surface area contributed by atoms with Crippen molar-refractivity contribution in [2.24, 2.45) is 10.6 Å². The summed E-state index contributed by atoms with van der Waals surface area (Å²) in [6.45, 7) is 12.0. The van der Waals surface area contributed by atoms with Crippen LogP contribution in [0.15, 0.2) is 5.16 Å². The molecule has 0 aromatic rings. The van der Waals surface area contributed by atoms with Crippen LogP contribution in [0.3, 0.4) is 0 Å². The van der Waals surface area contributed by atoms with Crippen LogP contribution >= 0.6 is 0 Å². The average Bonchev–Trinajstić information content (AvgIpc) is 2.36. The van der Waals surface area contributed by atoms with Crippen LogP contribution in [0.25, 0.3) is 0 Å². The van der Waals surface area contributed by atoms with Crippen molar-refractivity contribution in [2.75, 3.05) is 13.2 Å². The Morgan fingerprint density at radius 1 is 1.20 bits per heavy atom. The summed E-state index contributed by atoms with van der Waals surface area (Å²) in [5.41, 5.74) is 1.37. The van der Waals surface area contributed by atoms with E-state index in [4.69, 9.17) is 4.84 Å². The SMILES string of the molecule is CC/C(C)=N/OCCCC(=O)NCCCCC(C)(C)C. The van der Waals surface area contributed by atoms with E-state index in [-0.39, 0.29) is 5.91 Å². The Morgan fingerprint density at radius 3 is 2.50 bits per heavy atom. The lowest BCUT2D eigenvalue weighted by atomic mass is 9.90. The molecule has 0 spiro atoms. The Balaban J connectivity index is 3.42. The molecule has 20 heavy (non-hydrogen) atoms. The number of carbonyl (C=O) groups excluding carboxylic acids is 1. The van der Waals surface area contributed by atoms with Gasteiger partial charge in [0.15, 0.2) is 0 Å². The second-order valence-electron chi connectivity index (χ2n) is 6.48. The maximum absolute atomic E-state index is 11.6. The third-order valence-corrected chi connectivity index (χ3v) is 3.05. The number of hydrogen-bond donors (Lipinski definition) is 1. The van der Waals surface area contributed by atoms with Gasteiger partial charge < -0.3 is 10.2 Å². The summed E-state index contributed by atoms with van der Waals surface area (Å²) in [4.78, 5) is 16.7. The molecule has 0 bridgehead atoms. The maximum Gasteiger partial charge on any atom is 0.220 e. The zero-order valence-electron chi connectivity index (χ0n) is 13.9. The highest BCUT2D eigenvalue weighted by atomic mass is 16.6. The molecule has 0 aromatic carbocycles. The minimum absolute atomic E-state index is 0.112. The van der Waals surface area contributed by atoms with E-state index in [2.05, 4.69) is 31.2 Å². The monoisotopic (exact) mass is 284 g/mol. The van der Waals surface area contributed by atoms with Gasteiger partial charge in [0, 0.05) is 13.0 Å².